The number of hydrogen-bond acceptors (Lipinski definition) is 4. The highest BCUT2D eigenvalue weighted by Gasteiger charge is 2.13. The summed E-state index contributed by atoms with van der Waals surface area (Å²) in [5.41, 5.74) is 2.14. The van der Waals surface area contributed by atoms with Crippen LogP contribution in [0.4, 0.5) is 5.69 Å². The van der Waals surface area contributed by atoms with Crippen molar-refractivity contribution in [3.63, 3.8) is 0 Å². The highest BCUT2D eigenvalue weighted by atomic mass is 32.2. The van der Waals surface area contributed by atoms with Gasteiger partial charge in [-0.3, -0.25) is 9.59 Å². The summed E-state index contributed by atoms with van der Waals surface area (Å²) >= 11 is 1.52. The van der Waals surface area contributed by atoms with Gasteiger partial charge in [0.1, 0.15) is 5.75 Å². The molecule has 0 saturated carbocycles. The fourth-order valence-corrected chi connectivity index (χ4v) is 3.14. The van der Waals surface area contributed by atoms with Gasteiger partial charge < -0.3 is 15.4 Å². The van der Waals surface area contributed by atoms with E-state index < -0.39 is 0 Å². The van der Waals surface area contributed by atoms with Gasteiger partial charge in [0, 0.05) is 12.3 Å². The van der Waals surface area contributed by atoms with Crippen molar-refractivity contribution in [3.8, 4) is 5.75 Å². The lowest BCUT2D eigenvalue weighted by Gasteiger charge is -2.12. The van der Waals surface area contributed by atoms with Gasteiger partial charge in [0.05, 0.1) is 24.1 Å². The number of rotatable bonds is 9. The average molecular weight is 387 g/mol. The number of carbonyl (C=O) groups excluding carboxylic acids is 2. The van der Waals surface area contributed by atoms with Crippen LogP contribution in [0.15, 0.2) is 48.5 Å². The van der Waals surface area contributed by atoms with Crippen molar-refractivity contribution in [2.24, 2.45) is 5.92 Å². The van der Waals surface area contributed by atoms with Gasteiger partial charge in [0.2, 0.25) is 5.91 Å². The monoisotopic (exact) mass is 386 g/mol. The minimum Gasteiger partial charge on any atom is -0.497 e. The molecule has 0 aliphatic rings. The fourth-order valence-electron chi connectivity index (χ4n) is 2.35. The molecule has 2 N–H and O–H groups in total. The largest absolute Gasteiger partial charge is 0.497 e. The Morgan fingerprint density at radius 3 is 2.44 bits per heavy atom. The van der Waals surface area contributed by atoms with Crippen molar-refractivity contribution in [2.75, 3.05) is 24.7 Å². The molecule has 0 aliphatic heterocycles. The highest BCUT2D eigenvalue weighted by Crippen LogP contribution is 2.18. The van der Waals surface area contributed by atoms with Crippen LogP contribution in [0, 0.1) is 5.92 Å². The zero-order valence-corrected chi connectivity index (χ0v) is 16.8. The minimum absolute atomic E-state index is 0.127. The van der Waals surface area contributed by atoms with E-state index in [-0.39, 0.29) is 11.8 Å². The van der Waals surface area contributed by atoms with Crippen molar-refractivity contribution in [1.29, 1.82) is 0 Å². The molecule has 2 aromatic rings. The lowest BCUT2D eigenvalue weighted by atomic mass is 10.1. The zero-order chi connectivity index (χ0) is 19.6. The topological polar surface area (TPSA) is 67.4 Å². The van der Waals surface area contributed by atoms with E-state index in [4.69, 9.17) is 4.74 Å². The Labute approximate surface area is 164 Å². The Balaban J connectivity index is 1.86. The Bertz CT molecular complexity index is 760. The summed E-state index contributed by atoms with van der Waals surface area (Å²) in [6, 6.07) is 14.8. The molecular weight excluding hydrogens is 360 g/mol. The Morgan fingerprint density at radius 1 is 1.07 bits per heavy atom. The van der Waals surface area contributed by atoms with Gasteiger partial charge >= 0.3 is 0 Å². The Kier molecular flexibility index (Phi) is 8.20. The molecule has 2 amide bonds. The van der Waals surface area contributed by atoms with E-state index in [9.17, 15) is 9.59 Å². The van der Waals surface area contributed by atoms with Crippen LogP contribution in [0.25, 0.3) is 0 Å². The maximum Gasteiger partial charge on any atom is 0.253 e. The Morgan fingerprint density at radius 2 is 1.78 bits per heavy atom. The third-order valence-corrected chi connectivity index (χ3v) is 4.78. The van der Waals surface area contributed by atoms with Crippen LogP contribution in [-0.2, 0) is 10.5 Å². The second-order valence-corrected chi connectivity index (χ2v) is 7.52. The molecule has 2 aromatic carbocycles. The second-order valence-electron chi connectivity index (χ2n) is 6.54. The summed E-state index contributed by atoms with van der Waals surface area (Å²) in [5, 5.41) is 5.72. The first-order valence-corrected chi connectivity index (χ1v) is 10.0. The first-order chi connectivity index (χ1) is 13.0. The first-order valence-electron chi connectivity index (χ1n) is 8.87. The molecule has 0 spiro atoms. The van der Waals surface area contributed by atoms with E-state index in [1.807, 2.05) is 38.1 Å². The van der Waals surface area contributed by atoms with Crippen LogP contribution in [0.2, 0.25) is 0 Å². The molecule has 27 heavy (non-hydrogen) atoms. The number of thioether (sulfide) groups is 1. The third kappa shape index (κ3) is 6.98. The summed E-state index contributed by atoms with van der Waals surface area (Å²) < 4.78 is 5.14. The third-order valence-electron chi connectivity index (χ3n) is 3.78. The molecular formula is C21H26N2O3S. The average Bonchev–Trinajstić information content (AvgIpc) is 2.67. The number of carbonyl (C=O) groups is 2. The zero-order valence-electron chi connectivity index (χ0n) is 16.0. The predicted molar refractivity (Wildman–Crippen MR) is 111 cm³/mol. The van der Waals surface area contributed by atoms with Crippen LogP contribution in [-0.4, -0.2) is 31.2 Å². The maximum absolute atomic E-state index is 12.3. The summed E-state index contributed by atoms with van der Waals surface area (Å²) in [5.74, 6) is 1.92. The summed E-state index contributed by atoms with van der Waals surface area (Å²) in [6.45, 7) is 4.67. The van der Waals surface area contributed by atoms with Crippen LogP contribution in [0.1, 0.15) is 29.8 Å². The maximum atomic E-state index is 12.3. The number of ether oxygens (including phenoxy) is 1. The quantitative estimate of drug-likeness (QED) is 0.685. The number of anilines is 1. The molecule has 0 atom stereocenters. The molecule has 0 radical (unpaired) electrons. The molecule has 5 nitrogen and oxygen atoms in total. The molecule has 0 unspecified atom stereocenters. The number of methoxy groups -OCH3 is 1. The van der Waals surface area contributed by atoms with Gasteiger partial charge in [-0.05, 0) is 35.7 Å². The van der Waals surface area contributed by atoms with E-state index in [1.54, 1.807) is 31.4 Å². The van der Waals surface area contributed by atoms with E-state index in [1.165, 1.54) is 11.8 Å². The van der Waals surface area contributed by atoms with Crippen molar-refractivity contribution in [2.45, 2.75) is 19.6 Å². The van der Waals surface area contributed by atoms with Crippen LogP contribution < -0.4 is 15.4 Å². The van der Waals surface area contributed by atoms with Gasteiger partial charge in [-0.1, -0.05) is 38.1 Å². The van der Waals surface area contributed by atoms with Crippen molar-refractivity contribution < 1.29 is 14.3 Å². The molecule has 0 heterocycles. The predicted octanol–water partition coefficient (Wildman–Crippen LogP) is 3.95. The molecule has 0 saturated heterocycles. The van der Waals surface area contributed by atoms with E-state index in [2.05, 4.69) is 10.6 Å². The van der Waals surface area contributed by atoms with Gasteiger partial charge in [0.25, 0.3) is 5.91 Å². The fraction of sp³-hybridized carbons (Fsp3) is 0.333. The molecule has 0 bridgehead atoms. The van der Waals surface area contributed by atoms with Crippen molar-refractivity contribution >= 4 is 29.3 Å². The number of para-hydroxylation sites is 1. The van der Waals surface area contributed by atoms with Crippen LogP contribution >= 0.6 is 11.8 Å². The van der Waals surface area contributed by atoms with Gasteiger partial charge in [0.15, 0.2) is 0 Å². The molecule has 0 aliphatic carbocycles. The standard InChI is InChI=1S/C21H26N2O3S/c1-15(2)12-22-21(25)18-6-4-5-7-19(18)23-20(24)14-27-13-16-8-10-17(26-3)11-9-16/h4-11,15H,12-14H2,1-3H3,(H,22,25)(H,23,24). The van der Waals surface area contributed by atoms with Crippen molar-refractivity contribution in [1.82, 2.24) is 5.32 Å². The summed E-state index contributed by atoms with van der Waals surface area (Å²) in [6.07, 6.45) is 0. The smallest absolute Gasteiger partial charge is 0.253 e. The molecule has 0 aromatic heterocycles. The Hall–Kier alpha value is -2.47. The van der Waals surface area contributed by atoms with Gasteiger partial charge in [-0.2, -0.15) is 0 Å². The normalized spacial score (nSPS) is 10.5. The lowest BCUT2D eigenvalue weighted by molar-refractivity contribution is -0.113. The number of nitrogens with one attached hydrogen (secondary N) is 2. The van der Waals surface area contributed by atoms with Gasteiger partial charge in [-0.15, -0.1) is 11.8 Å². The molecule has 2 rings (SSSR count). The number of amides is 2. The van der Waals surface area contributed by atoms with Crippen LogP contribution in [0.5, 0.6) is 5.75 Å². The molecule has 144 valence electrons. The lowest BCUT2D eigenvalue weighted by Crippen LogP contribution is -2.28. The van der Waals surface area contributed by atoms with E-state index in [0.29, 0.717) is 29.5 Å². The van der Waals surface area contributed by atoms with Crippen molar-refractivity contribution in [3.05, 3.63) is 59.7 Å². The number of benzene rings is 2. The van der Waals surface area contributed by atoms with Gasteiger partial charge in [-0.25, -0.2) is 0 Å². The first kappa shape index (κ1) is 20.8. The highest BCUT2D eigenvalue weighted by molar-refractivity contribution is 7.99. The van der Waals surface area contributed by atoms with E-state index in [0.717, 1.165) is 17.1 Å². The molecule has 6 heteroatoms. The SMILES string of the molecule is COc1ccc(CSCC(=O)Nc2ccccc2C(=O)NCC(C)C)cc1. The second kappa shape index (κ2) is 10.6. The van der Waals surface area contributed by atoms with E-state index >= 15 is 0 Å². The molecule has 0 fully saturated rings. The minimum atomic E-state index is -0.175. The number of hydrogen-bond donors (Lipinski definition) is 2. The summed E-state index contributed by atoms with van der Waals surface area (Å²) in [4.78, 5) is 24.6. The summed E-state index contributed by atoms with van der Waals surface area (Å²) in [7, 11) is 1.63. The van der Waals surface area contributed by atoms with Crippen LogP contribution in [0.3, 0.4) is 0 Å².